The second-order valence-corrected chi connectivity index (χ2v) is 12.6. The van der Waals surface area contributed by atoms with Crippen molar-refractivity contribution < 1.29 is 14.3 Å². The highest BCUT2D eigenvalue weighted by Gasteiger charge is 2.33. The molecule has 5 rings (SSSR count). The van der Waals surface area contributed by atoms with E-state index in [2.05, 4.69) is 28.2 Å². The minimum atomic E-state index is -0.705. The number of nitrogens with one attached hydrogen (secondary N) is 1. The quantitative estimate of drug-likeness (QED) is 0.367. The van der Waals surface area contributed by atoms with Crippen LogP contribution in [0.2, 0.25) is 10.0 Å². The molecule has 0 bridgehead atoms. The van der Waals surface area contributed by atoms with Crippen molar-refractivity contribution in [3.05, 3.63) is 57.8 Å². The van der Waals surface area contributed by atoms with Crippen LogP contribution in [-0.4, -0.2) is 89.6 Å². The molecule has 1 aromatic carbocycles. The van der Waals surface area contributed by atoms with Crippen molar-refractivity contribution in [2.45, 2.75) is 76.4 Å². The van der Waals surface area contributed by atoms with Gasteiger partial charge in [0.1, 0.15) is 17.9 Å². The number of rotatable bonds is 10. The topological polar surface area (TPSA) is 78.0 Å². The summed E-state index contributed by atoms with van der Waals surface area (Å²) in [7, 11) is 0. The largest absolute Gasteiger partial charge is 0.487 e. The van der Waals surface area contributed by atoms with Crippen molar-refractivity contribution in [3.8, 4) is 5.75 Å². The summed E-state index contributed by atoms with van der Waals surface area (Å²) in [5, 5.41) is 4.06. The summed E-state index contributed by atoms with van der Waals surface area (Å²) in [5.74, 6) is 1.07. The highest BCUT2D eigenvalue weighted by Crippen LogP contribution is 2.35. The third-order valence-corrected chi connectivity index (χ3v) is 9.49. The third-order valence-electron chi connectivity index (χ3n) is 8.90. The van der Waals surface area contributed by atoms with Crippen molar-refractivity contribution in [1.82, 2.24) is 25.0 Å². The van der Waals surface area contributed by atoms with E-state index in [1.807, 2.05) is 23.4 Å². The van der Waals surface area contributed by atoms with Crippen LogP contribution in [0.1, 0.15) is 68.9 Å². The average molecular weight is 617 g/mol. The van der Waals surface area contributed by atoms with Gasteiger partial charge in [0.2, 0.25) is 5.91 Å². The first-order valence-electron chi connectivity index (χ1n) is 15.5. The molecule has 0 aliphatic carbocycles. The fraction of sp³-hybridized carbons (Fsp3) is 0.594. The summed E-state index contributed by atoms with van der Waals surface area (Å²) in [6.07, 6.45) is 11.2. The highest BCUT2D eigenvalue weighted by atomic mass is 35.5. The lowest BCUT2D eigenvalue weighted by molar-refractivity contribution is -0.134. The minimum absolute atomic E-state index is 0.0742. The van der Waals surface area contributed by atoms with E-state index in [9.17, 15) is 9.59 Å². The van der Waals surface area contributed by atoms with Gasteiger partial charge >= 0.3 is 6.03 Å². The van der Waals surface area contributed by atoms with Crippen molar-refractivity contribution in [2.75, 3.05) is 45.8 Å². The van der Waals surface area contributed by atoms with Crippen LogP contribution in [0.3, 0.4) is 0 Å². The van der Waals surface area contributed by atoms with Gasteiger partial charge in [-0.15, -0.1) is 0 Å². The van der Waals surface area contributed by atoms with Crippen molar-refractivity contribution in [1.29, 1.82) is 0 Å². The highest BCUT2D eigenvalue weighted by molar-refractivity contribution is 6.35. The zero-order valence-corrected chi connectivity index (χ0v) is 26.1. The van der Waals surface area contributed by atoms with Crippen LogP contribution >= 0.6 is 23.2 Å². The Morgan fingerprint density at radius 3 is 2.40 bits per heavy atom. The lowest BCUT2D eigenvalue weighted by atomic mass is 9.89. The van der Waals surface area contributed by atoms with Gasteiger partial charge in [0, 0.05) is 61.0 Å². The first-order valence-corrected chi connectivity index (χ1v) is 16.3. The maximum atomic E-state index is 13.9. The molecule has 2 atom stereocenters. The minimum Gasteiger partial charge on any atom is -0.487 e. The summed E-state index contributed by atoms with van der Waals surface area (Å²) in [6.45, 7) is 8.07. The molecule has 4 heterocycles. The number of nitrogens with zero attached hydrogens (tertiary/aromatic N) is 4. The van der Waals surface area contributed by atoms with Crippen LogP contribution < -0.4 is 10.1 Å². The number of benzene rings is 1. The normalized spacial score (nSPS) is 19.6. The van der Waals surface area contributed by atoms with Gasteiger partial charge < -0.3 is 19.9 Å². The van der Waals surface area contributed by atoms with Gasteiger partial charge in [0.05, 0.1) is 6.20 Å². The predicted molar refractivity (Wildman–Crippen MR) is 166 cm³/mol. The zero-order valence-electron chi connectivity index (χ0n) is 24.6. The zero-order chi connectivity index (χ0) is 29.5. The van der Waals surface area contributed by atoms with E-state index in [1.165, 1.54) is 18.4 Å². The molecule has 3 aliphatic heterocycles. The van der Waals surface area contributed by atoms with Crippen molar-refractivity contribution in [2.24, 2.45) is 0 Å². The van der Waals surface area contributed by atoms with E-state index in [-0.39, 0.29) is 24.0 Å². The molecule has 0 spiro atoms. The van der Waals surface area contributed by atoms with Gasteiger partial charge in [-0.2, -0.15) is 0 Å². The number of hydrogen-bond acceptors (Lipinski definition) is 5. The Bertz CT molecular complexity index is 1210. The number of likely N-dealkylation sites (tertiary alicyclic amines) is 3. The average Bonchev–Trinajstić information content (AvgIpc) is 3.73. The molecule has 0 saturated carbocycles. The fourth-order valence-electron chi connectivity index (χ4n) is 6.41. The fourth-order valence-corrected chi connectivity index (χ4v) is 6.89. The number of piperidine rings is 1. The molecule has 3 saturated heterocycles. The Kier molecular flexibility index (Phi) is 10.9. The standard InChI is InChI=1S/C32H43Cl2N5O3/c1-2-26(22-37-13-3-4-14-37)42-30-21-35-12-9-27(30)23-10-17-38(18-11-23)31(40)29(36-32(41)39-15-5-6-16-39)19-24-7-8-25(33)20-28(24)34/h7-9,12,20-21,23,26,29H,2-6,10-11,13-19,22H2,1H3,(H,36,41)/t26-,29+/m0/s1. The maximum Gasteiger partial charge on any atom is 0.318 e. The molecule has 228 valence electrons. The molecule has 1 aromatic heterocycles. The van der Waals surface area contributed by atoms with E-state index in [1.54, 1.807) is 17.0 Å². The van der Waals surface area contributed by atoms with E-state index >= 15 is 0 Å². The van der Waals surface area contributed by atoms with Crippen LogP contribution in [0.25, 0.3) is 0 Å². The summed E-state index contributed by atoms with van der Waals surface area (Å²) >= 11 is 12.6. The van der Waals surface area contributed by atoms with E-state index in [4.69, 9.17) is 27.9 Å². The Hall–Kier alpha value is -2.55. The molecule has 10 heteroatoms. The molecule has 2 aromatic rings. The molecule has 3 fully saturated rings. The molecule has 42 heavy (non-hydrogen) atoms. The third kappa shape index (κ3) is 7.88. The van der Waals surface area contributed by atoms with Crippen molar-refractivity contribution >= 4 is 35.1 Å². The van der Waals surface area contributed by atoms with E-state index in [0.29, 0.717) is 42.6 Å². The Morgan fingerprint density at radius 2 is 1.71 bits per heavy atom. The molecule has 3 aliphatic rings. The molecule has 8 nitrogen and oxygen atoms in total. The molecule has 0 unspecified atom stereocenters. The predicted octanol–water partition coefficient (Wildman–Crippen LogP) is 5.76. The SMILES string of the molecule is CC[C@@H](CN1CCCC1)Oc1cnccc1C1CCN(C(=O)[C@@H](Cc2ccc(Cl)cc2Cl)NC(=O)N2CCCC2)CC1. The number of urea groups is 1. The van der Waals surface area contributed by atoms with Gasteiger partial charge in [0.15, 0.2) is 0 Å². The number of carbonyl (C=O) groups is 2. The number of aromatic nitrogens is 1. The van der Waals surface area contributed by atoms with Crippen LogP contribution in [-0.2, 0) is 11.2 Å². The number of pyridine rings is 1. The number of amides is 3. The van der Waals surface area contributed by atoms with Crippen LogP contribution in [0.5, 0.6) is 5.75 Å². The summed E-state index contributed by atoms with van der Waals surface area (Å²) < 4.78 is 6.54. The number of hydrogen-bond donors (Lipinski definition) is 1. The lowest BCUT2D eigenvalue weighted by Crippen LogP contribution is -2.54. The Morgan fingerprint density at radius 1 is 1.00 bits per heavy atom. The van der Waals surface area contributed by atoms with Gasteiger partial charge in [-0.25, -0.2) is 4.79 Å². The van der Waals surface area contributed by atoms with Crippen LogP contribution in [0.15, 0.2) is 36.7 Å². The molecule has 1 N–H and O–H groups in total. The number of ether oxygens (including phenoxy) is 1. The van der Waals surface area contributed by atoms with Gasteiger partial charge in [-0.1, -0.05) is 36.2 Å². The number of halogens is 2. The van der Waals surface area contributed by atoms with Crippen molar-refractivity contribution in [3.63, 3.8) is 0 Å². The van der Waals surface area contributed by atoms with Gasteiger partial charge in [-0.3, -0.25) is 14.7 Å². The van der Waals surface area contributed by atoms with Gasteiger partial charge in [-0.05, 0) is 87.7 Å². The first kappa shape index (κ1) is 30.9. The molecule has 3 amide bonds. The summed E-state index contributed by atoms with van der Waals surface area (Å²) in [5.41, 5.74) is 1.96. The van der Waals surface area contributed by atoms with Crippen LogP contribution in [0.4, 0.5) is 4.79 Å². The summed E-state index contributed by atoms with van der Waals surface area (Å²) in [6, 6.07) is 6.45. The summed E-state index contributed by atoms with van der Waals surface area (Å²) in [4.78, 5) is 37.4. The lowest BCUT2D eigenvalue weighted by Gasteiger charge is -2.35. The maximum absolute atomic E-state index is 13.9. The molecular weight excluding hydrogens is 573 g/mol. The van der Waals surface area contributed by atoms with E-state index < -0.39 is 6.04 Å². The smallest absolute Gasteiger partial charge is 0.318 e. The van der Waals surface area contributed by atoms with Gasteiger partial charge in [0.25, 0.3) is 0 Å². The monoisotopic (exact) mass is 615 g/mol. The number of carbonyl (C=O) groups excluding carboxylic acids is 2. The Labute approximate surface area is 259 Å². The molecule has 0 radical (unpaired) electrons. The second-order valence-electron chi connectivity index (χ2n) is 11.8. The van der Waals surface area contributed by atoms with E-state index in [0.717, 1.165) is 63.1 Å². The Balaban J connectivity index is 1.24. The second kappa shape index (κ2) is 14.8. The first-order chi connectivity index (χ1) is 20.4. The van der Waals surface area contributed by atoms with Crippen LogP contribution in [0, 0.1) is 0 Å². The molecular formula is C32H43Cl2N5O3.